The summed E-state index contributed by atoms with van der Waals surface area (Å²) in [6.07, 6.45) is 7.30. The third-order valence-electron chi connectivity index (χ3n) is 5.53. The quantitative estimate of drug-likeness (QED) is 0.522. The number of amides is 1. The summed E-state index contributed by atoms with van der Waals surface area (Å²) < 4.78 is 9.09. The Hall–Kier alpha value is -3.49. The first-order chi connectivity index (χ1) is 15.3. The number of nitrogens with one attached hydrogen (secondary N) is 1. The van der Waals surface area contributed by atoms with Crippen LogP contribution in [-0.4, -0.2) is 69.4 Å². The fourth-order valence-electron chi connectivity index (χ4n) is 3.86. The monoisotopic (exact) mass is 416 g/mol. The van der Waals surface area contributed by atoms with Crippen LogP contribution in [0.3, 0.4) is 0 Å². The second kappa shape index (κ2) is 8.71. The number of fused-ring (bicyclic) bond motifs is 1. The van der Waals surface area contributed by atoms with Gasteiger partial charge in [-0.2, -0.15) is 5.10 Å². The number of rotatable bonds is 6. The minimum Gasteiger partial charge on any atom is -0.379 e. The lowest BCUT2D eigenvalue weighted by molar-refractivity contribution is 0.0383. The Bertz CT molecular complexity index is 1180. The molecule has 0 aliphatic carbocycles. The normalized spacial score (nSPS) is 14.7. The van der Waals surface area contributed by atoms with Crippen LogP contribution in [0.15, 0.2) is 67.3 Å². The maximum atomic E-state index is 12.9. The van der Waals surface area contributed by atoms with Gasteiger partial charge in [-0.15, -0.1) is 0 Å². The van der Waals surface area contributed by atoms with E-state index in [1.165, 1.54) is 0 Å². The highest BCUT2D eigenvalue weighted by atomic mass is 16.5. The van der Waals surface area contributed by atoms with E-state index >= 15 is 0 Å². The molecule has 0 radical (unpaired) electrons. The fourth-order valence-corrected chi connectivity index (χ4v) is 3.86. The van der Waals surface area contributed by atoms with Gasteiger partial charge in [0.25, 0.3) is 5.91 Å². The molecule has 5 rings (SSSR count). The zero-order valence-corrected chi connectivity index (χ0v) is 17.1. The van der Waals surface area contributed by atoms with Crippen LogP contribution < -0.4 is 5.32 Å². The fraction of sp³-hybridized carbons (Fsp3) is 0.261. The lowest BCUT2D eigenvalue weighted by Crippen LogP contribution is -2.41. The third-order valence-corrected chi connectivity index (χ3v) is 5.53. The zero-order valence-electron chi connectivity index (χ0n) is 17.1. The van der Waals surface area contributed by atoms with Crippen molar-refractivity contribution >= 4 is 11.4 Å². The van der Waals surface area contributed by atoms with E-state index in [9.17, 15) is 4.79 Å². The van der Waals surface area contributed by atoms with Crippen molar-refractivity contribution in [1.82, 2.24) is 29.4 Å². The van der Waals surface area contributed by atoms with Crippen molar-refractivity contribution < 1.29 is 9.53 Å². The van der Waals surface area contributed by atoms with E-state index < -0.39 is 0 Å². The molecule has 0 aromatic carbocycles. The van der Waals surface area contributed by atoms with Crippen LogP contribution in [0.5, 0.6) is 0 Å². The van der Waals surface area contributed by atoms with Gasteiger partial charge in [0, 0.05) is 55.8 Å². The molecule has 4 aromatic rings. The molecule has 1 N–H and O–H groups in total. The van der Waals surface area contributed by atoms with Gasteiger partial charge < -0.3 is 14.5 Å². The first-order valence-electron chi connectivity index (χ1n) is 10.4. The Balaban J connectivity index is 1.37. The van der Waals surface area contributed by atoms with Crippen molar-refractivity contribution in [3.05, 3.63) is 72.9 Å². The summed E-state index contributed by atoms with van der Waals surface area (Å²) in [7, 11) is 0. The number of nitrogens with zero attached hydrogens (tertiary/aromatic N) is 5. The Labute approximate surface area is 180 Å². The Kier molecular flexibility index (Phi) is 5.47. The minimum atomic E-state index is -0.135. The maximum absolute atomic E-state index is 12.9. The molecule has 0 atom stereocenters. The van der Waals surface area contributed by atoms with Crippen molar-refractivity contribution in [3.63, 3.8) is 0 Å². The summed E-state index contributed by atoms with van der Waals surface area (Å²) in [5.74, 6) is 0.674. The van der Waals surface area contributed by atoms with Gasteiger partial charge in [0.05, 0.1) is 19.4 Å². The molecule has 8 nitrogen and oxygen atoms in total. The van der Waals surface area contributed by atoms with E-state index in [0.717, 1.165) is 55.3 Å². The molecule has 1 aliphatic heterocycles. The van der Waals surface area contributed by atoms with E-state index in [4.69, 9.17) is 4.74 Å². The highest BCUT2D eigenvalue weighted by molar-refractivity contribution is 5.93. The predicted molar refractivity (Wildman–Crippen MR) is 117 cm³/mol. The predicted octanol–water partition coefficient (Wildman–Crippen LogP) is 2.25. The summed E-state index contributed by atoms with van der Waals surface area (Å²) in [5, 5.41) is 7.45. The highest BCUT2D eigenvalue weighted by Crippen LogP contribution is 2.22. The van der Waals surface area contributed by atoms with Gasteiger partial charge >= 0.3 is 0 Å². The number of ether oxygens (including phenoxy) is 1. The molecule has 4 aromatic heterocycles. The van der Waals surface area contributed by atoms with Gasteiger partial charge in [-0.1, -0.05) is 12.1 Å². The molecule has 0 bridgehead atoms. The van der Waals surface area contributed by atoms with Gasteiger partial charge in [-0.05, 0) is 35.9 Å². The Morgan fingerprint density at radius 2 is 1.90 bits per heavy atom. The minimum absolute atomic E-state index is 0.135. The smallest absolute Gasteiger partial charge is 0.270 e. The second-order valence-electron chi connectivity index (χ2n) is 7.48. The molecule has 0 unspecified atom stereocenters. The lowest BCUT2D eigenvalue weighted by Gasteiger charge is -2.26. The van der Waals surface area contributed by atoms with Crippen molar-refractivity contribution in [2.45, 2.75) is 0 Å². The summed E-state index contributed by atoms with van der Waals surface area (Å²) >= 11 is 0. The largest absolute Gasteiger partial charge is 0.379 e. The second-order valence-corrected chi connectivity index (χ2v) is 7.48. The molecule has 1 fully saturated rings. The molecule has 1 aliphatic rings. The molecule has 1 saturated heterocycles. The number of hydrogen-bond donors (Lipinski definition) is 1. The van der Waals surface area contributed by atoms with Crippen molar-refractivity contribution in [2.24, 2.45) is 0 Å². The van der Waals surface area contributed by atoms with Crippen LogP contribution in [-0.2, 0) is 4.74 Å². The van der Waals surface area contributed by atoms with E-state index in [1.54, 1.807) is 23.1 Å². The number of pyridine rings is 2. The van der Waals surface area contributed by atoms with Gasteiger partial charge in [0.1, 0.15) is 11.5 Å². The van der Waals surface area contributed by atoms with Gasteiger partial charge in [0.15, 0.2) is 0 Å². The van der Waals surface area contributed by atoms with Crippen LogP contribution in [0.4, 0.5) is 0 Å². The van der Waals surface area contributed by atoms with Crippen LogP contribution in [0, 0.1) is 0 Å². The molecule has 31 heavy (non-hydrogen) atoms. The molecular weight excluding hydrogens is 392 g/mol. The number of hydrogen-bond acceptors (Lipinski definition) is 5. The third kappa shape index (κ3) is 4.08. The van der Waals surface area contributed by atoms with Gasteiger partial charge in [-0.3, -0.25) is 14.7 Å². The SMILES string of the molecule is O=C(NCCN1CCOCC1)c1ccnn1-c1ccc2ccc(-c3cccnc3)cn12. The first-order valence-corrected chi connectivity index (χ1v) is 10.4. The average molecular weight is 416 g/mol. The Morgan fingerprint density at radius 1 is 1.03 bits per heavy atom. The molecule has 5 heterocycles. The van der Waals surface area contributed by atoms with Crippen LogP contribution in [0.25, 0.3) is 22.5 Å². The van der Waals surface area contributed by atoms with Gasteiger partial charge in [-0.25, -0.2) is 4.68 Å². The van der Waals surface area contributed by atoms with E-state index in [2.05, 4.69) is 32.4 Å². The van der Waals surface area contributed by atoms with E-state index in [-0.39, 0.29) is 5.91 Å². The molecule has 8 heteroatoms. The van der Waals surface area contributed by atoms with Crippen molar-refractivity contribution in [1.29, 1.82) is 0 Å². The number of aromatic nitrogens is 4. The summed E-state index contributed by atoms with van der Waals surface area (Å²) in [6, 6.07) is 13.8. The highest BCUT2D eigenvalue weighted by Gasteiger charge is 2.17. The molecular formula is C23H24N6O2. The summed E-state index contributed by atoms with van der Waals surface area (Å²) in [6.45, 7) is 4.72. The van der Waals surface area contributed by atoms with Crippen LogP contribution in [0.1, 0.15) is 10.5 Å². The van der Waals surface area contributed by atoms with Crippen molar-refractivity contribution in [2.75, 3.05) is 39.4 Å². The van der Waals surface area contributed by atoms with Crippen LogP contribution >= 0.6 is 0 Å². The topological polar surface area (TPSA) is 76.7 Å². The molecule has 0 saturated carbocycles. The summed E-state index contributed by atoms with van der Waals surface area (Å²) in [4.78, 5) is 19.4. The first kappa shape index (κ1) is 19.5. The van der Waals surface area contributed by atoms with E-state index in [0.29, 0.717) is 12.2 Å². The van der Waals surface area contributed by atoms with Gasteiger partial charge in [0.2, 0.25) is 0 Å². The molecule has 1 amide bonds. The molecule has 158 valence electrons. The summed E-state index contributed by atoms with van der Waals surface area (Å²) in [5.41, 5.74) is 3.61. The Morgan fingerprint density at radius 3 is 2.74 bits per heavy atom. The maximum Gasteiger partial charge on any atom is 0.270 e. The number of carbonyl (C=O) groups is 1. The van der Waals surface area contributed by atoms with E-state index in [1.807, 2.05) is 41.1 Å². The number of carbonyl (C=O) groups excluding carboxylic acids is 1. The standard InChI is InChI=1S/C23H24N6O2/c30-23(25-10-11-27-12-14-31-15-13-27)21-7-9-26-29(21)22-6-5-20-4-3-19(17-28(20)22)18-2-1-8-24-16-18/h1-9,16-17H,10-15H2,(H,25,30). The van der Waals surface area contributed by atoms with Crippen molar-refractivity contribution in [3.8, 4) is 16.9 Å². The zero-order chi connectivity index (χ0) is 21.0. The molecule has 0 spiro atoms. The van der Waals surface area contributed by atoms with Crippen LogP contribution in [0.2, 0.25) is 0 Å². The number of morpholine rings is 1. The average Bonchev–Trinajstić information content (AvgIpc) is 3.47. The lowest BCUT2D eigenvalue weighted by atomic mass is 10.1.